The van der Waals surface area contributed by atoms with Crippen LogP contribution < -0.4 is 5.32 Å². The van der Waals surface area contributed by atoms with Crippen LogP contribution in [-0.2, 0) is 14.3 Å². The maximum Gasteiger partial charge on any atom is 0.339 e. The van der Waals surface area contributed by atoms with Crippen molar-refractivity contribution >= 4 is 11.9 Å². The molecular weight excluding hydrogens is 274 g/mol. The van der Waals surface area contributed by atoms with Crippen LogP contribution in [0.25, 0.3) is 0 Å². The Labute approximate surface area is 123 Å². The number of carbonyl (C=O) groups is 2. The van der Waals surface area contributed by atoms with E-state index >= 15 is 0 Å². The molecule has 2 heterocycles. The second-order valence-corrected chi connectivity index (χ2v) is 6.33. The quantitative estimate of drug-likeness (QED) is 0.497. The number of aliphatic hydroxyl groups is 2. The minimum Gasteiger partial charge on any atom is -0.453 e. The van der Waals surface area contributed by atoms with Gasteiger partial charge in [0.2, 0.25) is 11.4 Å². The van der Waals surface area contributed by atoms with Gasteiger partial charge in [0, 0.05) is 12.5 Å². The number of fused-ring (bicyclic) bond motifs is 1. The van der Waals surface area contributed by atoms with Crippen molar-refractivity contribution in [1.29, 1.82) is 0 Å². The molecule has 6 heteroatoms. The van der Waals surface area contributed by atoms with E-state index in [4.69, 9.17) is 9.84 Å². The summed E-state index contributed by atoms with van der Waals surface area (Å²) in [7, 11) is 0. The van der Waals surface area contributed by atoms with E-state index in [0.29, 0.717) is 0 Å². The highest BCUT2D eigenvalue weighted by atomic mass is 16.6. The maximum absolute atomic E-state index is 12.2. The molecule has 0 saturated carbocycles. The second-order valence-electron chi connectivity index (χ2n) is 6.33. The van der Waals surface area contributed by atoms with Crippen molar-refractivity contribution in [1.82, 2.24) is 5.32 Å². The summed E-state index contributed by atoms with van der Waals surface area (Å²) in [4.78, 5) is 24.3. The molecule has 1 amide bonds. The van der Waals surface area contributed by atoms with Gasteiger partial charge in [0.15, 0.2) is 5.60 Å². The smallest absolute Gasteiger partial charge is 0.339 e. The lowest BCUT2D eigenvalue weighted by Crippen LogP contribution is -2.80. The monoisotopic (exact) mass is 295 g/mol. The van der Waals surface area contributed by atoms with Gasteiger partial charge in [0.05, 0.1) is 12.0 Å². The highest BCUT2D eigenvalue weighted by Crippen LogP contribution is 2.53. The molecule has 21 heavy (non-hydrogen) atoms. The van der Waals surface area contributed by atoms with Crippen molar-refractivity contribution in [3.63, 3.8) is 0 Å². The second kappa shape index (κ2) is 4.81. The normalized spacial score (nSPS) is 42.8. The van der Waals surface area contributed by atoms with Crippen LogP contribution in [0, 0.1) is 11.8 Å². The fourth-order valence-electron chi connectivity index (χ4n) is 4.01. The molecule has 2 fully saturated rings. The zero-order valence-corrected chi connectivity index (χ0v) is 12.0. The molecule has 3 N–H and O–H groups in total. The lowest BCUT2D eigenvalue weighted by Gasteiger charge is -2.54. The number of amides is 1. The summed E-state index contributed by atoms with van der Waals surface area (Å²) in [6.07, 6.45) is 5.82. The Morgan fingerprint density at radius 1 is 1.52 bits per heavy atom. The SMILES string of the molecule is C[C@@]12OC(=O)[C@]1([C@@H](O)C1C=CCCC1)NC(=O)[C@@H]2CCO. The summed E-state index contributed by atoms with van der Waals surface area (Å²) in [6, 6.07) is 0. The van der Waals surface area contributed by atoms with E-state index in [1.165, 1.54) is 0 Å². The largest absolute Gasteiger partial charge is 0.453 e. The maximum atomic E-state index is 12.2. The van der Waals surface area contributed by atoms with Crippen LogP contribution >= 0.6 is 0 Å². The van der Waals surface area contributed by atoms with Crippen LogP contribution in [0.1, 0.15) is 32.6 Å². The molecule has 116 valence electrons. The van der Waals surface area contributed by atoms with E-state index < -0.39 is 29.1 Å². The predicted molar refractivity (Wildman–Crippen MR) is 73.1 cm³/mol. The number of nitrogens with one attached hydrogen (secondary N) is 1. The highest BCUT2D eigenvalue weighted by molar-refractivity contribution is 6.01. The minimum absolute atomic E-state index is 0.166. The Balaban J connectivity index is 1.94. The molecule has 0 aromatic heterocycles. The number of carbonyl (C=O) groups excluding carboxylic acids is 2. The first kappa shape index (κ1) is 14.5. The Bertz CT molecular complexity index is 504. The van der Waals surface area contributed by atoms with E-state index in [9.17, 15) is 14.7 Å². The average Bonchev–Trinajstić information content (AvgIpc) is 2.65. The summed E-state index contributed by atoms with van der Waals surface area (Å²) >= 11 is 0. The first-order chi connectivity index (χ1) is 9.97. The molecule has 2 saturated heterocycles. The van der Waals surface area contributed by atoms with Gasteiger partial charge >= 0.3 is 5.97 Å². The van der Waals surface area contributed by atoms with Gasteiger partial charge in [-0.25, -0.2) is 4.79 Å². The summed E-state index contributed by atoms with van der Waals surface area (Å²) < 4.78 is 5.28. The van der Waals surface area contributed by atoms with Gasteiger partial charge in [-0.1, -0.05) is 12.2 Å². The average molecular weight is 295 g/mol. The van der Waals surface area contributed by atoms with Gasteiger partial charge < -0.3 is 20.3 Å². The molecular formula is C15H21NO5. The fraction of sp³-hybridized carbons (Fsp3) is 0.733. The van der Waals surface area contributed by atoms with Crippen LogP contribution in [-0.4, -0.2) is 45.9 Å². The van der Waals surface area contributed by atoms with Crippen LogP contribution in [0.15, 0.2) is 12.2 Å². The molecule has 0 bridgehead atoms. The number of esters is 1. The standard InChI is InChI=1S/C15H21NO5/c1-14-10(7-8-17)12(19)16-15(14,13(20)21-14)11(18)9-5-3-2-4-6-9/h3,5,9-11,17-18H,2,4,6-8H2,1H3,(H,16,19)/t9?,10-,11-,14-,15-/m0/s1. The third-order valence-corrected chi connectivity index (χ3v) is 5.27. The molecule has 1 aliphatic carbocycles. The van der Waals surface area contributed by atoms with Crippen molar-refractivity contribution in [3.8, 4) is 0 Å². The van der Waals surface area contributed by atoms with Crippen LogP contribution in [0.5, 0.6) is 0 Å². The van der Waals surface area contributed by atoms with E-state index in [0.717, 1.165) is 19.3 Å². The number of hydrogen-bond acceptors (Lipinski definition) is 5. The van der Waals surface area contributed by atoms with E-state index in [1.807, 2.05) is 12.2 Å². The molecule has 0 aromatic rings. The zero-order chi connectivity index (χ0) is 15.3. The van der Waals surface area contributed by atoms with Gasteiger partial charge in [-0.2, -0.15) is 0 Å². The summed E-state index contributed by atoms with van der Waals surface area (Å²) in [5.74, 6) is -1.71. The van der Waals surface area contributed by atoms with Gasteiger partial charge in [-0.3, -0.25) is 4.79 Å². The van der Waals surface area contributed by atoms with Crippen LogP contribution in [0.2, 0.25) is 0 Å². The summed E-state index contributed by atoms with van der Waals surface area (Å²) in [5.41, 5.74) is -2.47. The Morgan fingerprint density at radius 3 is 2.86 bits per heavy atom. The first-order valence-corrected chi connectivity index (χ1v) is 7.48. The molecule has 3 aliphatic rings. The van der Waals surface area contributed by atoms with Crippen LogP contribution in [0.3, 0.4) is 0 Å². The third-order valence-electron chi connectivity index (χ3n) is 5.27. The number of aliphatic hydroxyl groups excluding tert-OH is 2. The van der Waals surface area contributed by atoms with Crippen molar-refractivity contribution in [2.24, 2.45) is 11.8 Å². The van der Waals surface area contributed by atoms with Gasteiger partial charge in [0.1, 0.15) is 0 Å². The van der Waals surface area contributed by atoms with E-state index in [1.54, 1.807) is 6.92 Å². The molecule has 6 nitrogen and oxygen atoms in total. The summed E-state index contributed by atoms with van der Waals surface area (Å²) in [5, 5.41) is 22.6. The summed E-state index contributed by atoms with van der Waals surface area (Å²) in [6.45, 7) is 1.50. The van der Waals surface area contributed by atoms with Gasteiger partial charge in [-0.15, -0.1) is 0 Å². The van der Waals surface area contributed by atoms with Gasteiger partial charge in [0.25, 0.3) is 0 Å². The van der Waals surface area contributed by atoms with Gasteiger partial charge in [-0.05, 0) is 32.6 Å². The fourth-order valence-corrected chi connectivity index (χ4v) is 4.01. The van der Waals surface area contributed by atoms with E-state index in [2.05, 4.69) is 5.32 Å². The Kier molecular flexibility index (Phi) is 3.33. The first-order valence-electron chi connectivity index (χ1n) is 7.48. The Hall–Kier alpha value is -1.40. The highest BCUT2D eigenvalue weighted by Gasteiger charge is 2.79. The number of rotatable bonds is 4. The predicted octanol–water partition coefficient (Wildman–Crippen LogP) is -0.114. The zero-order valence-electron chi connectivity index (χ0n) is 12.0. The number of allylic oxidation sites excluding steroid dienone is 1. The molecule has 3 rings (SSSR count). The Morgan fingerprint density at radius 2 is 2.29 bits per heavy atom. The van der Waals surface area contributed by atoms with Crippen molar-refractivity contribution < 1.29 is 24.5 Å². The number of ether oxygens (including phenoxy) is 1. The van der Waals surface area contributed by atoms with E-state index in [-0.39, 0.29) is 24.9 Å². The number of hydrogen-bond donors (Lipinski definition) is 3. The van der Waals surface area contributed by atoms with Crippen LogP contribution in [0.4, 0.5) is 0 Å². The molecule has 2 aliphatic heterocycles. The van der Waals surface area contributed by atoms with Crippen molar-refractivity contribution in [2.75, 3.05) is 6.61 Å². The lowest BCUT2D eigenvalue weighted by molar-refractivity contribution is -0.238. The molecule has 0 aromatic carbocycles. The third kappa shape index (κ3) is 1.72. The lowest BCUT2D eigenvalue weighted by atomic mass is 9.64. The van der Waals surface area contributed by atoms with Crippen molar-refractivity contribution in [3.05, 3.63) is 12.2 Å². The molecule has 0 radical (unpaired) electrons. The van der Waals surface area contributed by atoms with Crippen molar-refractivity contribution in [2.45, 2.75) is 49.9 Å². The molecule has 5 atom stereocenters. The molecule has 0 spiro atoms. The molecule has 1 unspecified atom stereocenters. The minimum atomic E-state index is -1.38. The topological polar surface area (TPSA) is 95.9 Å².